The van der Waals surface area contributed by atoms with E-state index in [0.717, 1.165) is 39.0 Å². The number of hydrogen-bond acceptors (Lipinski definition) is 2. The monoisotopic (exact) mass is 291 g/mol. The predicted octanol–water partition coefficient (Wildman–Crippen LogP) is 2.82. The summed E-state index contributed by atoms with van der Waals surface area (Å²) in [5.74, 6) is -0.293. The van der Waals surface area contributed by atoms with Crippen LogP contribution >= 0.6 is 0 Å². The Balaban J connectivity index is 1.54. The zero-order valence-electron chi connectivity index (χ0n) is 12.2. The second kappa shape index (κ2) is 6.02. The van der Waals surface area contributed by atoms with Crippen molar-refractivity contribution >= 4 is 11.7 Å². The van der Waals surface area contributed by atoms with Crippen LogP contribution in [-0.4, -0.2) is 37.1 Å². The standard InChI is InChI=1S/C16H22FN3O/c17-13-1-3-14(4-2-13)19-15(21)20-11-7-16(8-12-20)5-9-18-10-6-16/h1-4,18H,5-12H2,(H,19,21). The molecule has 114 valence electrons. The van der Waals surface area contributed by atoms with Crippen molar-refractivity contribution in [2.75, 3.05) is 31.5 Å². The fourth-order valence-corrected chi connectivity index (χ4v) is 3.38. The Kier molecular flexibility index (Phi) is 4.10. The van der Waals surface area contributed by atoms with Gasteiger partial charge in [0.05, 0.1) is 0 Å². The lowest BCUT2D eigenvalue weighted by atomic mass is 9.72. The number of nitrogens with one attached hydrogen (secondary N) is 2. The van der Waals surface area contributed by atoms with E-state index in [9.17, 15) is 9.18 Å². The lowest BCUT2D eigenvalue weighted by Gasteiger charge is -2.44. The van der Waals surface area contributed by atoms with Crippen LogP contribution in [0.15, 0.2) is 24.3 Å². The highest BCUT2D eigenvalue weighted by Gasteiger charge is 2.36. The summed E-state index contributed by atoms with van der Waals surface area (Å²) >= 11 is 0. The molecule has 4 nitrogen and oxygen atoms in total. The molecule has 0 radical (unpaired) electrons. The molecule has 0 saturated carbocycles. The second-order valence-corrected chi connectivity index (χ2v) is 6.17. The molecule has 0 aliphatic carbocycles. The maximum Gasteiger partial charge on any atom is 0.321 e. The number of amides is 2. The van der Waals surface area contributed by atoms with Crippen LogP contribution in [0.5, 0.6) is 0 Å². The highest BCUT2D eigenvalue weighted by atomic mass is 19.1. The van der Waals surface area contributed by atoms with Crippen molar-refractivity contribution < 1.29 is 9.18 Å². The summed E-state index contributed by atoms with van der Waals surface area (Å²) in [5, 5.41) is 6.24. The van der Waals surface area contributed by atoms with Crippen molar-refractivity contribution in [3.8, 4) is 0 Å². The van der Waals surface area contributed by atoms with Gasteiger partial charge in [0.1, 0.15) is 5.82 Å². The normalized spacial score (nSPS) is 21.3. The molecule has 0 bridgehead atoms. The smallest absolute Gasteiger partial charge is 0.321 e. The third-order valence-corrected chi connectivity index (χ3v) is 4.87. The van der Waals surface area contributed by atoms with Crippen molar-refractivity contribution in [1.82, 2.24) is 10.2 Å². The highest BCUT2D eigenvalue weighted by molar-refractivity contribution is 5.89. The number of likely N-dealkylation sites (tertiary alicyclic amines) is 1. The van der Waals surface area contributed by atoms with Crippen molar-refractivity contribution in [2.45, 2.75) is 25.7 Å². The summed E-state index contributed by atoms with van der Waals surface area (Å²) in [6.07, 6.45) is 4.62. The minimum Gasteiger partial charge on any atom is -0.324 e. The first-order valence-corrected chi connectivity index (χ1v) is 7.69. The average molecular weight is 291 g/mol. The van der Waals surface area contributed by atoms with Crippen LogP contribution in [0.2, 0.25) is 0 Å². The summed E-state index contributed by atoms with van der Waals surface area (Å²) in [7, 11) is 0. The molecule has 2 amide bonds. The number of piperidine rings is 2. The first kappa shape index (κ1) is 14.3. The second-order valence-electron chi connectivity index (χ2n) is 6.17. The molecule has 5 heteroatoms. The van der Waals surface area contributed by atoms with E-state index < -0.39 is 0 Å². The molecule has 1 aromatic carbocycles. The van der Waals surface area contributed by atoms with Crippen LogP contribution in [0.4, 0.5) is 14.9 Å². The minimum absolute atomic E-state index is 0.0783. The van der Waals surface area contributed by atoms with Gasteiger partial charge in [0, 0.05) is 18.8 Å². The Morgan fingerprint density at radius 3 is 2.33 bits per heavy atom. The van der Waals surface area contributed by atoms with Crippen LogP contribution < -0.4 is 10.6 Å². The van der Waals surface area contributed by atoms with Crippen molar-refractivity contribution in [2.24, 2.45) is 5.41 Å². The number of carbonyl (C=O) groups excluding carboxylic acids is 1. The van der Waals surface area contributed by atoms with Crippen molar-refractivity contribution in [3.63, 3.8) is 0 Å². The van der Waals surface area contributed by atoms with Crippen LogP contribution in [0.25, 0.3) is 0 Å². The Hall–Kier alpha value is -1.62. The molecule has 2 heterocycles. The molecular formula is C16H22FN3O. The predicted molar refractivity (Wildman–Crippen MR) is 80.8 cm³/mol. The maximum atomic E-state index is 12.9. The fraction of sp³-hybridized carbons (Fsp3) is 0.562. The Morgan fingerprint density at radius 1 is 1.10 bits per heavy atom. The number of anilines is 1. The third-order valence-electron chi connectivity index (χ3n) is 4.87. The largest absolute Gasteiger partial charge is 0.324 e. The van der Waals surface area contributed by atoms with E-state index in [0.29, 0.717) is 11.1 Å². The molecule has 21 heavy (non-hydrogen) atoms. The van der Waals surface area contributed by atoms with E-state index in [1.54, 1.807) is 12.1 Å². The number of halogens is 1. The maximum absolute atomic E-state index is 12.9. The molecule has 2 aliphatic heterocycles. The van der Waals surface area contributed by atoms with E-state index in [2.05, 4.69) is 10.6 Å². The van der Waals surface area contributed by atoms with Crippen LogP contribution in [0.1, 0.15) is 25.7 Å². The highest BCUT2D eigenvalue weighted by Crippen LogP contribution is 2.39. The Bertz CT molecular complexity index is 487. The SMILES string of the molecule is O=C(Nc1ccc(F)cc1)N1CCC2(CCNCC2)CC1. The molecule has 2 N–H and O–H groups in total. The molecule has 1 spiro atoms. The van der Waals surface area contributed by atoms with Gasteiger partial charge in [-0.25, -0.2) is 9.18 Å². The van der Waals surface area contributed by atoms with E-state index >= 15 is 0 Å². The number of benzene rings is 1. The zero-order chi connectivity index (χ0) is 14.7. The van der Waals surface area contributed by atoms with Gasteiger partial charge in [-0.3, -0.25) is 0 Å². The minimum atomic E-state index is -0.293. The molecule has 0 aromatic heterocycles. The molecule has 2 aliphatic rings. The van der Waals surface area contributed by atoms with E-state index in [4.69, 9.17) is 0 Å². The number of rotatable bonds is 1. The van der Waals surface area contributed by atoms with E-state index in [1.165, 1.54) is 25.0 Å². The first-order chi connectivity index (χ1) is 10.2. The Labute approximate surface area is 124 Å². The summed E-state index contributed by atoms with van der Waals surface area (Å²) in [4.78, 5) is 14.1. The number of urea groups is 1. The van der Waals surface area contributed by atoms with Crippen molar-refractivity contribution in [3.05, 3.63) is 30.1 Å². The fourth-order valence-electron chi connectivity index (χ4n) is 3.38. The topological polar surface area (TPSA) is 44.4 Å². The van der Waals surface area contributed by atoms with Crippen LogP contribution in [0, 0.1) is 11.2 Å². The van der Waals surface area contributed by atoms with Crippen molar-refractivity contribution in [1.29, 1.82) is 0 Å². The van der Waals surface area contributed by atoms with E-state index in [1.807, 2.05) is 4.90 Å². The van der Waals surface area contributed by atoms with Crippen LogP contribution in [0.3, 0.4) is 0 Å². The van der Waals surface area contributed by atoms with Gasteiger partial charge in [0.2, 0.25) is 0 Å². The zero-order valence-corrected chi connectivity index (χ0v) is 12.2. The molecule has 0 unspecified atom stereocenters. The summed E-state index contributed by atoms with van der Waals surface area (Å²) in [6, 6.07) is 5.81. The van der Waals surface area contributed by atoms with Gasteiger partial charge in [-0.15, -0.1) is 0 Å². The quantitative estimate of drug-likeness (QED) is 0.835. The number of nitrogens with zero attached hydrogens (tertiary/aromatic N) is 1. The van der Waals surface area contributed by atoms with E-state index in [-0.39, 0.29) is 11.8 Å². The molecule has 2 fully saturated rings. The molecule has 2 saturated heterocycles. The lowest BCUT2D eigenvalue weighted by Crippen LogP contribution is -2.48. The lowest BCUT2D eigenvalue weighted by molar-refractivity contribution is 0.0915. The van der Waals surface area contributed by atoms with Gasteiger partial charge >= 0.3 is 6.03 Å². The van der Waals surface area contributed by atoms with Gasteiger partial charge in [-0.05, 0) is 68.5 Å². The summed E-state index contributed by atoms with van der Waals surface area (Å²) < 4.78 is 12.9. The Morgan fingerprint density at radius 2 is 1.71 bits per heavy atom. The van der Waals surface area contributed by atoms with Gasteiger partial charge < -0.3 is 15.5 Å². The summed E-state index contributed by atoms with van der Waals surface area (Å²) in [5.41, 5.74) is 1.08. The number of hydrogen-bond donors (Lipinski definition) is 2. The molecular weight excluding hydrogens is 269 g/mol. The first-order valence-electron chi connectivity index (χ1n) is 7.69. The summed E-state index contributed by atoms with van der Waals surface area (Å²) in [6.45, 7) is 3.82. The molecule has 0 atom stereocenters. The number of carbonyl (C=O) groups is 1. The van der Waals surface area contributed by atoms with Crippen LogP contribution in [-0.2, 0) is 0 Å². The third kappa shape index (κ3) is 3.35. The van der Waals surface area contributed by atoms with Gasteiger partial charge in [0.15, 0.2) is 0 Å². The van der Waals surface area contributed by atoms with Gasteiger partial charge in [0.25, 0.3) is 0 Å². The molecule has 1 aromatic rings. The van der Waals surface area contributed by atoms with Gasteiger partial charge in [-0.2, -0.15) is 0 Å². The molecule has 3 rings (SSSR count). The average Bonchev–Trinajstić information content (AvgIpc) is 2.51. The van der Waals surface area contributed by atoms with Gasteiger partial charge in [-0.1, -0.05) is 0 Å².